The summed E-state index contributed by atoms with van der Waals surface area (Å²) in [6.45, 7) is -0.765. The molecule has 0 fully saturated rings. The van der Waals surface area contributed by atoms with Crippen LogP contribution in [0.3, 0.4) is 0 Å². The van der Waals surface area contributed by atoms with Gasteiger partial charge in [-0.3, -0.25) is 18.4 Å². The molecule has 0 atom stereocenters. The second-order valence-electron chi connectivity index (χ2n) is 3.37. The molecule has 0 radical (unpaired) electrons. The molecule has 1 aromatic rings. The Hall–Kier alpha value is -1.27. The molecule has 0 bridgehead atoms. The van der Waals surface area contributed by atoms with E-state index in [2.05, 4.69) is 9.05 Å². The van der Waals surface area contributed by atoms with Gasteiger partial charge in [0, 0.05) is 14.2 Å². The van der Waals surface area contributed by atoms with Crippen LogP contribution in [0.4, 0.5) is 4.39 Å². The van der Waals surface area contributed by atoms with Crippen LogP contribution in [0.2, 0.25) is 0 Å². The number of carbonyl (C=O) groups is 1. The Labute approximate surface area is 110 Å². The monoisotopic (exact) mass is 292 g/mol. The van der Waals surface area contributed by atoms with E-state index in [1.54, 1.807) is 0 Å². The first-order valence-corrected chi connectivity index (χ1v) is 6.71. The smallest absolute Gasteiger partial charge is 0.474 e. The minimum atomic E-state index is -3.66. The summed E-state index contributed by atoms with van der Waals surface area (Å²) in [4.78, 5) is 11.4. The van der Waals surface area contributed by atoms with Gasteiger partial charge >= 0.3 is 7.82 Å². The highest BCUT2D eigenvalue weighted by atomic mass is 31.2. The molecular formula is C11H14FO6P. The summed E-state index contributed by atoms with van der Waals surface area (Å²) in [7, 11) is -1.38. The number of hydrogen-bond donors (Lipinski definition) is 0. The molecular weight excluding hydrogens is 278 g/mol. The topological polar surface area (TPSA) is 71.1 Å². The third-order valence-electron chi connectivity index (χ3n) is 2.04. The van der Waals surface area contributed by atoms with Crippen LogP contribution in [-0.4, -0.2) is 33.2 Å². The number of ketones is 1. The lowest BCUT2D eigenvalue weighted by Gasteiger charge is -2.12. The molecule has 1 aromatic carbocycles. The van der Waals surface area contributed by atoms with Crippen LogP contribution >= 0.6 is 7.82 Å². The molecule has 0 aromatic heterocycles. The van der Waals surface area contributed by atoms with Gasteiger partial charge in [0.05, 0.1) is 0 Å². The Balaban J connectivity index is 2.36. The number of phosphoric ester groups is 1. The number of benzene rings is 1. The van der Waals surface area contributed by atoms with Crippen molar-refractivity contribution < 1.29 is 32.1 Å². The molecule has 0 amide bonds. The van der Waals surface area contributed by atoms with E-state index in [0.29, 0.717) is 5.75 Å². The Morgan fingerprint density at radius 1 is 1.16 bits per heavy atom. The molecule has 8 heteroatoms. The van der Waals surface area contributed by atoms with Crippen LogP contribution < -0.4 is 4.74 Å². The van der Waals surface area contributed by atoms with E-state index in [1.807, 2.05) is 0 Å². The number of Topliss-reactive ketones (excluding diaryl/α,β-unsaturated/α-hetero) is 1. The molecule has 0 heterocycles. The van der Waals surface area contributed by atoms with Crippen LogP contribution in [0.5, 0.6) is 5.75 Å². The largest absolute Gasteiger partial charge is 0.486 e. The van der Waals surface area contributed by atoms with Crippen LogP contribution in [0, 0.1) is 5.82 Å². The van der Waals surface area contributed by atoms with E-state index in [-0.39, 0.29) is 6.61 Å². The van der Waals surface area contributed by atoms with E-state index in [9.17, 15) is 13.8 Å². The van der Waals surface area contributed by atoms with Crippen molar-refractivity contribution in [2.45, 2.75) is 0 Å². The van der Waals surface area contributed by atoms with Crippen LogP contribution in [-0.2, 0) is 22.9 Å². The van der Waals surface area contributed by atoms with Gasteiger partial charge < -0.3 is 4.74 Å². The fourth-order valence-electron chi connectivity index (χ4n) is 1.07. The number of hydrogen-bond acceptors (Lipinski definition) is 6. The van der Waals surface area contributed by atoms with Crippen molar-refractivity contribution in [3.05, 3.63) is 30.1 Å². The normalized spacial score (nSPS) is 11.3. The first-order valence-electron chi connectivity index (χ1n) is 5.25. The molecule has 0 aliphatic carbocycles. The summed E-state index contributed by atoms with van der Waals surface area (Å²) in [5.41, 5.74) is 0. The molecule has 0 unspecified atom stereocenters. The summed E-state index contributed by atoms with van der Waals surface area (Å²) in [5.74, 6) is -0.516. The van der Waals surface area contributed by atoms with Gasteiger partial charge in [-0.25, -0.2) is 8.96 Å². The highest BCUT2D eigenvalue weighted by molar-refractivity contribution is 7.48. The van der Waals surface area contributed by atoms with Gasteiger partial charge in [-0.05, 0) is 24.3 Å². The quantitative estimate of drug-likeness (QED) is 0.684. The average molecular weight is 292 g/mol. The van der Waals surface area contributed by atoms with E-state index in [4.69, 9.17) is 9.26 Å². The highest BCUT2D eigenvalue weighted by Crippen LogP contribution is 2.47. The summed E-state index contributed by atoms with van der Waals surface area (Å²) >= 11 is 0. The SMILES string of the molecule is COP(=O)(OC)OCC(=O)COc1ccc(F)cc1. The van der Waals surface area contributed by atoms with Gasteiger partial charge in [-0.2, -0.15) is 0 Å². The second kappa shape index (κ2) is 7.35. The summed E-state index contributed by atoms with van der Waals surface area (Å²) in [6, 6.07) is 5.19. The van der Waals surface area contributed by atoms with Crippen LogP contribution in [0.15, 0.2) is 24.3 Å². The summed E-state index contributed by atoms with van der Waals surface area (Å²) in [6.07, 6.45) is 0. The van der Waals surface area contributed by atoms with Crippen molar-refractivity contribution in [3.63, 3.8) is 0 Å². The first-order chi connectivity index (χ1) is 8.99. The number of halogens is 1. The second-order valence-corrected chi connectivity index (χ2v) is 5.25. The molecule has 0 aliphatic rings. The third kappa shape index (κ3) is 5.48. The third-order valence-corrected chi connectivity index (χ3v) is 3.38. The van der Waals surface area contributed by atoms with Crippen molar-refractivity contribution in [2.75, 3.05) is 27.4 Å². The summed E-state index contributed by atoms with van der Waals surface area (Å²) in [5, 5.41) is 0. The molecule has 106 valence electrons. The van der Waals surface area contributed by atoms with E-state index in [1.165, 1.54) is 24.3 Å². The minimum absolute atomic E-state index is 0.293. The average Bonchev–Trinajstić information content (AvgIpc) is 2.44. The fraction of sp³-hybridized carbons (Fsp3) is 0.364. The van der Waals surface area contributed by atoms with E-state index < -0.39 is 26.0 Å². The lowest BCUT2D eigenvalue weighted by atomic mass is 10.3. The van der Waals surface area contributed by atoms with Crippen molar-refractivity contribution in [2.24, 2.45) is 0 Å². The van der Waals surface area contributed by atoms with Crippen molar-refractivity contribution in [3.8, 4) is 5.75 Å². The van der Waals surface area contributed by atoms with Gasteiger partial charge in [-0.1, -0.05) is 0 Å². The minimum Gasteiger partial charge on any atom is -0.486 e. The first kappa shape index (κ1) is 15.8. The molecule has 0 saturated carbocycles. The maximum Gasteiger partial charge on any atom is 0.474 e. The predicted molar refractivity (Wildman–Crippen MR) is 64.5 cm³/mol. The maximum absolute atomic E-state index is 12.6. The van der Waals surface area contributed by atoms with Crippen molar-refractivity contribution in [1.29, 1.82) is 0 Å². The molecule has 0 aliphatic heterocycles. The standard InChI is InChI=1S/C11H14FO6P/c1-15-19(14,16-2)18-8-10(13)7-17-11-5-3-9(12)4-6-11/h3-6H,7-8H2,1-2H3. The van der Waals surface area contributed by atoms with E-state index in [0.717, 1.165) is 14.2 Å². The zero-order valence-electron chi connectivity index (χ0n) is 10.5. The van der Waals surface area contributed by atoms with Gasteiger partial charge in [0.2, 0.25) is 0 Å². The number of rotatable bonds is 8. The van der Waals surface area contributed by atoms with Gasteiger partial charge in [0.15, 0.2) is 5.78 Å². The van der Waals surface area contributed by atoms with Gasteiger partial charge in [-0.15, -0.1) is 0 Å². The van der Waals surface area contributed by atoms with Crippen LogP contribution in [0.1, 0.15) is 0 Å². The molecule has 0 N–H and O–H groups in total. The highest BCUT2D eigenvalue weighted by Gasteiger charge is 2.24. The Kier molecular flexibility index (Phi) is 6.11. The molecule has 19 heavy (non-hydrogen) atoms. The molecule has 0 spiro atoms. The van der Waals surface area contributed by atoms with E-state index >= 15 is 0 Å². The lowest BCUT2D eigenvalue weighted by molar-refractivity contribution is -0.123. The molecule has 6 nitrogen and oxygen atoms in total. The van der Waals surface area contributed by atoms with Crippen molar-refractivity contribution >= 4 is 13.6 Å². The molecule has 1 rings (SSSR count). The Morgan fingerprint density at radius 3 is 2.26 bits per heavy atom. The predicted octanol–water partition coefficient (Wildman–Crippen LogP) is 2.19. The van der Waals surface area contributed by atoms with Crippen LogP contribution in [0.25, 0.3) is 0 Å². The number of carbonyl (C=O) groups excluding carboxylic acids is 1. The lowest BCUT2D eigenvalue weighted by Crippen LogP contribution is -2.17. The maximum atomic E-state index is 12.6. The zero-order chi connectivity index (χ0) is 14.3. The Morgan fingerprint density at radius 2 is 1.74 bits per heavy atom. The Bertz CT molecular complexity index is 453. The molecule has 0 saturated heterocycles. The van der Waals surface area contributed by atoms with Crippen molar-refractivity contribution in [1.82, 2.24) is 0 Å². The van der Waals surface area contributed by atoms with Gasteiger partial charge in [0.1, 0.15) is 24.8 Å². The van der Waals surface area contributed by atoms with Gasteiger partial charge in [0.25, 0.3) is 0 Å². The summed E-state index contributed by atoms with van der Waals surface area (Å²) < 4.78 is 42.9. The fourth-order valence-corrected chi connectivity index (χ4v) is 1.73. The number of ether oxygens (including phenoxy) is 1. The number of phosphoric acid groups is 1. The zero-order valence-corrected chi connectivity index (χ0v) is 11.4.